The Morgan fingerprint density at radius 1 is 1.04 bits per heavy atom. The lowest BCUT2D eigenvalue weighted by Gasteiger charge is -2.10. The quantitative estimate of drug-likeness (QED) is 0.720. The lowest BCUT2D eigenvalue weighted by Crippen LogP contribution is -2.29. The van der Waals surface area contributed by atoms with E-state index in [0.717, 1.165) is 34.4 Å². The monoisotopic (exact) mass is 338 g/mol. The molecule has 5 nitrogen and oxygen atoms in total. The van der Waals surface area contributed by atoms with Crippen molar-refractivity contribution < 1.29 is 14.3 Å². The van der Waals surface area contributed by atoms with Crippen molar-refractivity contribution in [3.63, 3.8) is 0 Å². The minimum Gasteiger partial charge on any atom is -0.497 e. The van der Waals surface area contributed by atoms with Crippen LogP contribution in [0.2, 0.25) is 0 Å². The number of carbonyl (C=O) groups is 1. The van der Waals surface area contributed by atoms with Gasteiger partial charge in [0.25, 0.3) is 0 Å². The fourth-order valence-corrected chi connectivity index (χ4v) is 2.87. The number of fused-ring (bicyclic) bond motifs is 1. The minimum absolute atomic E-state index is 0.0167. The fourth-order valence-electron chi connectivity index (χ4n) is 2.87. The third-order valence-corrected chi connectivity index (χ3v) is 4.18. The van der Waals surface area contributed by atoms with Gasteiger partial charge in [0.15, 0.2) is 0 Å². The maximum absolute atomic E-state index is 12.3. The molecule has 0 bridgehead atoms. The Labute approximate surface area is 147 Å². The van der Waals surface area contributed by atoms with Crippen LogP contribution in [-0.4, -0.2) is 31.2 Å². The molecule has 1 amide bonds. The average Bonchev–Trinajstić information content (AvgIpc) is 3.05. The molecule has 130 valence electrons. The van der Waals surface area contributed by atoms with Gasteiger partial charge in [-0.15, -0.1) is 0 Å². The molecule has 1 N–H and O–H groups in total. The molecule has 0 aliphatic carbocycles. The van der Waals surface area contributed by atoms with Crippen molar-refractivity contribution in [1.29, 1.82) is 0 Å². The fraction of sp³-hybridized carbons (Fsp3) is 0.250. The highest BCUT2D eigenvalue weighted by Crippen LogP contribution is 2.26. The Bertz CT molecular complexity index is 853. The number of hydrogen-bond donors (Lipinski definition) is 1. The van der Waals surface area contributed by atoms with E-state index in [1.165, 1.54) is 0 Å². The van der Waals surface area contributed by atoms with Crippen molar-refractivity contribution in [2.45, 2.75) is 13.0 Å². The summed E-state index contributed by atoms with van der Waals surface area (Å²) in [7, 11) is 3.29. The second-order valence-electron chi connectivity index (χ2n) is 5.79. The van der Waals surface area contributed by atoms with Gasteiger partial charge in [0.2, 0.25) is 5.91 Å². The van der Waals surface area contributed by atoms with Crippen molar-refractivity contribution >= 4 is 16.8 Å². The summed E-state index contributed by atoms with van der Waals surface area (Å²) in [6.07, 6.45) is 2.70. The van der Waals surface area contributed by atoms with Gasteiger partial charge in [-0.05, 0) is 36.2 Å². The van der Waals surface area contributed by atoms with Gasteiger partial charge in [0, 0.05) is 18.1 Å². The molecule has 5 heteroatoms. The lowest BCUT2D eigenvalue weighted by molar-refractivity contribution is -0.121. The normalized spacial score (nSPS) is 10.6. The van der Waals surface area contributed by atoms with Gasteiger partial charge in [-0.1, -0.05) is 24.3 Å². The summed E-state index contributed by atoms with van der Waals surface area (Å²) in [5.74, 6) is 1.59. The number of nitrogens with zero attached hydrogens (tertiary/aromatic N) is 1. The van der Waals surface area contributed by atoms with Crippen LogP contribution in [0, 0.1) is 0 Å². The molecule has 0 saturated carbocycles. The first-order valence-electron chi connectivity index (χ1n) is 8.22. The van der Waals surface area contributed by atoms with E-state index in [4.69, 9.17) is 9.47 Å². The first-order valence-corrected chi connectivity index (χ1v) is 8.22. The summed E-state index contributed by atoms with van der Waals surface area (Å²) < 4.78 is 12.5. The number of benzene rings is 2. The van der Waals surface area contributed by atoms with E-state index in [-0.39, 0.29) is 12.5 Å². The maximum Gasteiger partial charge on any atom is 0.239 e. The zero-order valence-corrected chi connectivity index (χ0v) is 14.5. The number of amides is 1. The molecular weight excluding hydrogens is 316 g/mol. The van der Waals surface area contributed by atoms with E-state index >= 15 is 0 Å². The summed E-state index contributed by atoms with van der Waals surface area (Å²) in [5, 5.41) is 4.03. The minimum atomic E-state index is -0.0167. The second kappa shape index (κ2) is 7.75. The van der Waals surface area contributed by atoms with Gasteiger partial charge in [0.05, 0.1) is 19.7 Å². The zero-order valence-electron chi connectivity index (χ0n) is 14.5. The molecule has 0 spiro atoms. The third-order valence-electron chi connectivity index (χ3n) is 4.18. The number of methoxy groups -OCH3 is 2. The number of para-hydroxylation sites is 1. The number of rotatable bonds is 7. The Morgan fingerprint density at radius 3 is 2.56 bits per heavy atom. The molecule has 3 rings (SSSR count). The van der Waals surface area contributed by atoms with E-state index in [1.807, 2.05) is 59.3 Å². The molecule has 25 heavy (non-hydrogen) atoms. The van der Waals surface area contributed by atoms with E-state index in [1.54, 1.807) is 14.2 Å². The van der Waals surface area contributed by atoms with Crippen molar-refractivity contribution in [2.24, 2.45) is 0 Å². The van der Waals surface area contributed by atoms with Crippen LogP contribution in [0.15, 0.2) is 54.7 Å². The van der Waals surface area contributed by atoms with Crippen LogP contribution in [0.3, 0.4) is 0 Å². The highest BCUT2D eigenvalue weighted by molar-refractivity contribution is 5.87. The van der Waals surface area contributed by atoms with E-state index in [0.29, 0.717) is 6.54 Å². The van der Waals surface area contributed by atoms with E-state index in [2.05, 4.69) is 5.32 Å². The van der Waals surface area contributed by atoms with Gasteiger partial charge >= 0.3 is 0 Å². The summed E-state index contributed by atoms with van der Waals surface area (Å²) in [4.78, 5) is 12.3. The topological polar surface area (TPSA) is 52.5 Å². The SMILES string of the molecule is COc1ccc(CCNC(=O)Cn2ccc3cccc(OC)c32)cc1. The highest BCUT2D eigenvalue weighted by atomic mass is 16.5. The van der Waals surface area contributed by atoms with Gasteiger partial charge in [0.1, 0.15) is 18.0 Å². The predicted molar refractivity (Wildman–Crippen MR) is 98.2 cm³/mol. The zero-order chi connectivity index (χ0) is 17.6. The van der Waals surface area contributed by atoms with Gasteiger partial charge in [-0.25, -0.2) is 0 Å². The standard InChI is InChI=1S/C20H22N2O3/c1-24-17-8-6-15(7-9-17)10-12-21-19(23)14-22-13-11-16-4-3-5-18(25-2)20(16)22/h3-9,11,13H,10,12,14H2,1-2H3,(H,21,23). The summed E-state index contributed by atoms with van der Waals surface area (Å²) >= 11 is 0. The smallest absolute Gasteiger partial charge is 0.239 e. The Morgan fingerprint density at radius 2 is 1.84 bits per heavy atom. The molecule has 0 unspecified atom stereocenters. The van der Waals surface area contributed by atoms with Crippen LogP contribution in [0.4, 0.5) is 0 Å². The molecule has 0 fully saturated rings. The molecule has 2 aromatic carbocycles. The highest BCUT2D eigenvalue weighted by Gasteiger charge is 2.10. The number of ether oxygens (including phenoxy) is 2. The van der Waals surface area contributed by atoms with Gasteiger partial charge in [-0.2, -0.15) is 0 Å². The van der Waals surface area contributed by atoms with Crippen LogP contribution in [0.5, 0.6) is 11.5 Å². The van der Waals surface area contributed by atoms with Crippen molar-refractivity contribution in [1.82, 2.24) is 9.88 Å². The summed E-state index contributed by atoms with van der Waals surface area (Å²) in [5.41, 5.74) is 2.10. The molecule has 0 radical (unpaired) electrons. The Hall–Kier alpha value is -2.95. The van der Waals surface area contributed by atoms with E-state index in [9.17, 15) is 4.79 Å². The molecule has 1 heterocycles. The van der Waals surface area contributed by atoms with Crippen molar-refractivity contribution in [2.75, 3.05) is 20.8 Å². The first kappa shape index (κ1) is 16.9. The third kappa shape index (κ3) is 3.94. The van der Waals surface area contributed by atoms with Crippen LogP contribution in [-0.2, 0) is 17.8 Å². The largest absolute Gasteiger partial charge is 0.497 e. The lowest BCUT2D eigenvalue weighted by atomic mass is 10.1. The number of carbonyl (C=O) groups excluding carboxylic acids is 1. The van der Waals surface area contributed by atoms with E-state index < -0.39 is 0 Å². The summed E-state index contributed by atoms with van der Waals surface area (Å²) in [6, 6.07) is 15.7. The molecular formula is C20H22N2O3. The van der Waals surface area contributed by atoms with Crippen LogP contribution >= 0.6 is 0 Å². The molecule has 1 aromatic heterocycles. The molecule has 0 aliphatic heterocycles. The number of nitrogens with one attached hydrogen (secondary N) is 1. The molecule has 0 saturated heterocycles. The Balaban J connectivity index is 1.57. The molecule has 0 atom stereocenters. The summed E-state index contributed by atoms with van der Waals surface area (Å²) in [6.45, 7) is 0.869. The van der Waals surface area contributed by atoms with Crippen molar-refractivity contribution in [3.05, 3.63) is 60.3 Å². The first-order chi connectivity index (χ1) is 12.2. The van der Waals surface area contributed by atoms with Crippen LogP contribution in [0.1, 0.15) is 5.56 Å². The predicted octanol–water partition coefficient (Wildman–Crippen LogP) is 3.02. The number of aromatic nitrogens is 1. The maximum atomic E-state index is 12.3. The average molecular weight is 338 g/mol. The van der Waals surface area contributed by atoms with Gasteiger partial charge < -0.3 is 19.4 Å². The molecule has 0 aliphatic rings. The Kier molecular flexibility index (Phi) is 5.23. The van der Waals surface area contributed by atoms with Crippen LogP contribution in [0.25, 0.3) is 10.9 Å². The van der Waals surface area contributed by atoms with Crippen LogP contribution < -0.4 is 14.8 Å². The second-order valence-corrected chi connectivity index (χ2v) is 5.79. The molecule has 3 aromatic rings. The van der Waals surface area contributed by atoms with Gasteiger partial charge in [-0.3, -0.25) is 4.79 Å². The number of hydrogen-bond acceptors (Lipinski definition) is 3. The van der Waals surface area contributed by atoms with Crippen molar-refractivity contribution in [3.8, 4) is 11.5 Å².